The summed E-state index contributed by atoms with van der Waals surface area (Å²) in [7, 11) is 0. The molecule has 0 spiro atoms. The average Bonchev–Trinajstić information content (AvgIpc) is 3.54. The highest BCUT2D eigenvalue weighted by Crippen LogP contribution is 2.38. The first-order chi connectivity index (χ1) is 25.9. The molecule has 54 heavy (non-hydrogen) atoms. The lowest BCUT2D eigenvalue weighted by molar-refractivity contribution is 0.00162. The van der Waals surface area contributed by atoms with Crippen LogP contribution >= 0.6 is 0 Å². The van der Waals surface area contributed by atoms with Crippen LogP contribution in [0.1, 0.15) is 63.8 Å². The Morgan fingerprint density at radius 2 is 1.69 bits per heavy atom. The standard InChI is InChI=1S/C42H49N7O5/c1-40(2,3)54-39(52)49-22-11-19-41(49,4)29-53-37-44-34-27-46(35-17-10-15-31-14-8-9-16-32(31)35)23-18-33(34)36(45-37)47-24-25-48(38(50)51)42(28-47,20-21-43)26-30-12-6-5-7-13-30/h5-10,12-17H,11,18-20,22-29H2,1-4H3,(H,50,51). The third-order valence-electron chi connectivity index (χ3n) is 11.0. The molecule has 2 fully saturated rings. The molecule has 2 amide bonds. The lowest BCUT2D eigenvalue weighted by Crippen LogP contribution is -2.65. The van der Waals surface area contributed by atoms with Crippen molar-refractivity contribution < 1.29 is 24.2 Å². The molecule has 2 atom stereocenters. The molecular weight excluding hydrogens is 683 g/mol. The first-order valence-electron chi connectivity index (χ1n) is 18.8. The number of amides is 2. The van der Waals surface area contributed by atoms with Gasteiger partial charge in [0.05, 0.1) is 35.8 Å². The maximum absolute atomic E-state index is 13.3. The number of ether oxygens (including phenoxy) is 2. The summed E-state index contributed by atoms with van der Waals surface area (Å²) in [5.41, 5.74) is 1.66. The van der Waals surface area contributed by atoms with Crippen molar-refractivity contribution in [2.45, 2.75) is 83.0 Å². The topological polar surface area (TPSA) is 135 Å². The molecular formula is C42H49N7O5. The molecule has 0 radical (unpaired) electrons. The molecule has 1 aromatic heterocycles. The van der Waals surface area contributed by atoms with Crippen molar-refractivity contribution in [2.75, 3.05) is 49.1 Å². The minimum atomic E-state index is -1.04. The van der Waals surface area contributed by atoms with E-state index >= 15 is 0 Å². The second-order valence-electron chi connectivity index (χ2n) is 16.0. The number of fused-ring (bicyclic) bond motifs is 2. The zero-order chi connectivity index (χ0) is 38.1. The molecule has 282 valence electrons. The monoisotopic (exact) mass is 731 g/mol. The first-order valence-corrected chi connectivity index (χ1v) is 18.8. The molecule has 4 aromatic rings. The highest BCUT2D eigenvalue weighted by Gasteiger charge is 2.46. The molecule has 1 N–H and O–H groups in total. The van der Waals surface area contributed by atoms with Gasteiger partial charge in [0.1, 0.15) is 18.0 Å². The number of rotatable bonds is 8. The normalized spacial score (nSPS) is 21.5. The van der Waals surface area contributed by atoms with Crippen LogP contribution in [0.5, 0.6) is 6.01 Å². The Balaban J connectivity index is 1.25. The minimum absolute atomic E-state index is 0.0229. The van der Waals surface area contributed by atoms with E-state index in [1.165, 1.54) is 4.90 Å². The van der Waals surface area contributed by atoms with Crippen molar-refractivity contribution >= 4 is 34.5 Å². The van der Waals surface area contributed by atoms with Crippen molar-refractivity contribution in [3.05, 3.63) is 89.6 Å². The Labute approximate surface area is 316 Å². The van der Waals surface area contributed by atoms with E-state index in [1.54, 1.807) is 4.90 Å². The number of hydrogen-bond donors (Lipinski definition) is 1. The van der Waals surface area contributed by atoms with Crippen molar-refractivity contribution in [2.24, 2.45) is 0 Å². The number of anilines is 2. The SMILES string of the molecule is CC(C)(C)OC(=O)N1CCCC1(C)COc1nc2c(c(N3CCN(C(=O)O)C(CC#N)(Cc4ccccc4)C3)n1)CCN(c1cccc3ccccc13)C2. The minimum Gasteiger partial charge on any atom is -0.465 e. The molecule has 0 bridgehead atoms. The molecule has 3 aliphatic heterocycles. The van der Waals surface area contributed by atoms with Crippen molar-refractivity contribution in [3.8, 4) is 12.1 Å². The van der Waals surface area contributed by atoms with Gasteiger partial charge in [0, 0.05) is 49.4 Å². The van der Waals surface area contributed by atoms with Crippen LogP contribution < -0.4 is 14.5 Å². The molecule has 7 rings (SSSR count). The summed E-state index contributed by atoms with van der Waals surface area (Å²) in [6.07, 6.45) is 1.23. The van der Waals surface area contributed by atoms with Crippen LogP contribution in [0.25, 0.3) is 10.8 Å². The number of carboxylic acid groups (broad SMARTS) is 1. The molecule has 0 saturated carbocycles. The van der Waals surface area contributed by atoms with Gasteiger partial charge in [-0.15, -0.1) is 0 Å². The molecule has 12 nitrogen and oxygen atoms in total. The Morgan fingerprint density at radius 1 is 0.926 bits per heavy atom. The van der Waals surface area contributed by atoms with E-state index in [1.807, 2.05) is 64.1 Å². The number of hydrogen-bond acceptors (Lipinski definition) is 9. The van der Waals surface area contributed by atoms with Crippen LogP contribution in [-0.4, -0.2) is 93.1 Å². The van der Waals surface area contributed by atoms with Crippen molar-refractivity contribution in [1.82, 2.24) is 19.8 Å². The van der Waals surface area contributed by atoms with Gasteiger partial charge in [0.25, 0.3) is 0 Å². The number of carbonyl (C=O) groups is 2. The fourth-order valence-electron chi connectivity index (χ4n) is 8.37. The molecule has 12 heteroatoms. The molecule has 3 aromatic carbocycles. The lowest BCUT2D eigenvalue weighted by Gasteiger charge is -2.49. The van der Waals surface area contributed by atoms with Crippen molar-refractivity contribution in [3.63, 3.8) is 0 Å². The van der Waals surface area contributed by atoms with Crippen LogP contribution in [0, 0.1) is 11.3 Å². The summed E-state index contributed by atoms with van der Waals surface area (Å²) in [6, 6.07) is 27.0. The lowest BCUT2D eigenvalue weighted by atomic mass is 9.83. The highest BCUT2D eigenvalue weighted by atomic mass is 16.6. The van der Waals surface area contributed by atoms with E-state index in [2.05, 4.69) is 52.3 Å². The number of aromatic nitrogens is 2. The summed E-state index contributed by atoms with van der Waals surface area (Å²) < 4.78 is 12.2. The summed E-state index contributed by atoms with van der Waals surface area (Å²) in [6.45, 7) is 10.5. The fourth-order valence-corrected chi connectivity index (χ4v) is 8.37. The molecule has 4 heterocycles. The summed E-state index contributed by atoms with van der Waals surface area (Å²) in [5, 5.41) is 22.9. The van der Waals surface area contributed by atoms with Crippen LogP contribution in [-0.2, 0) is 24.1 Å². The number of nitrogens with zero attached hydrogens (tertiary/aromatic N) is 7. The molecule has 3 aliphatic rings. The van der Waals surface area contributed by atoms with Gasteiger partial charge in [-0.05, 0) is 70.4 Å². The first kappa shape index (κ1) is 36.8. The van der Waals surface area contributed by atoms with Gasteiger partial charge >= 0.3 is 18.2 Å². The smallest absolute Gasteiger partial charge is 0.410 e. The van der Waals surface area contributed by atoms with Crippen molar-refractivity contribution in [1.29, 1.82) is 5.26 Å². The van der Waals surface area contributed by atoms with Crippen LogP contribution in [0.3, 0.4) is 0 Å². The van der Waals surface area contributed by atoms with Crippen LogP contribution in [0.15, 0.2) is 72.8 Å². The quantitative estimate of drug-likeness (QED) is 0.201. The van der Waals surface area contributed by atoms with Gasteiger partial charge in [0.2, 0.25) is 0 Å². The summed E-state index contributed by atoms with van der Waals surface area (Å²) in [4.78, 5) is 43.8. The number of piperazine rings is 1. The number of carbonyl (C=O) groups excluding carboxylic acids is 1. The second-order valence-corrected chi connectivity index (χ2v) is 16.0. The zero-order valence-corrected chi connectivity index (χ0v) is 31.6. The predicted molar refractivity (Wildman–Crippen MR) is 207 cm³/mol. The third-order valence-corrected chi connectivity index (χ3v) is 11.0. The Morgan fingerprint density at radius 3 is 2.44 bits per heavy atom. The average molecular weight is 732 g/mol. The molecule has 2 saturated heterocycles. The van der Waals surface area contributed by atoms with Crippen LogP contribution in [0.4, 0.5) is 21.1 Å². The Kier molecular flexibility index (Phi) is 10.0. The van der Waals surface area contributed by atoms with Gasteiger partial charge in [-0.3, -0.25) is 9.80 Å². The second kappa shape index (κ2) is 14.7. The summed E-state index contributed by atoms with van der Waals surface area (Å²) in [5.74, 6) is 0.702. The maximum Gasteiger partial charge on any atom is 0.410 e. The van der Waals surface area contributed by atoms with E-state index in [0.29, 0.717) is 38.3 Å². The third kappa shape index (κ3) is 7.45. The van der Waals surface area contributed by atoms with E-state index in [9.17, 15) is 20.0 Å². The zero-order valence-electron chi connectivity index (χ0n) is 31.6. The number of benzene rings is 3. The summed E-state index contributed by atoms with van der Waals surface area (Å²) >= 11 is 0. The van der Waals surface area contributed by atoms with E-state index in [4.69, 9.17) is 19.4 Å². The Bertz CT molecular complexity index is 2060. The van der Waals surface area contributed by atoms with E-state index < -0.39 is 22.8 Å². The van der Waals surface area contributed by atoms with Gasteiger partial charge in [-0.2, -0.15) is 15.2 Å². The van der Waals surface area contributed by atoms with E-state index in [-0.39, 0.29) is 38.2 Å². The highest BCUT2D eigenvalue weighted by molar-refractivity contribution is 5.94. The van der Waals surface area contributed by atoms with E-state index in [0.717, 1.165) is 52.7 Å². The fraction of sp³-hybridized carbons (Fsp3) is 0.452. The van der Waals surface area contributed by atoms with Gasteiger partial charge in [-0.1, -0.05) is 66.7 Å². The predicted octanol–water partition coefficient (Wildman–Crippen LogP) is 7.06. The Hall–Kier alpha value is -5.57. The molecule has 0 aliphatic carbocycles. The maximum atomic E-state index is 13.3. The number of nitriles is 1. The van der Waals surface area contributed by atoms with Crippen LogP contribution in [0.2, 0.25) is 0 Å². The van der Waals surface area contributed by atoms with Gasteiger partial charge < -0.3 is 24.4 Å². The number of likely N-dealkylation sites (tertiary alicyclic amines) is 1. The molecule has 2 unspecified atom stereocenters. The van der Waals surface area contributed by atoms with Gasteiger partial charge in [-0.25, -0.2) is 9.59 Å². The van der Waals surface area contributed by atoms with Gasteiger partial charge in [0.15, 0.2) is 0 Å². The largest absolute Gasteiger partial charge is 0.465 e.